The maximum atomic E-state index is 11.8. The van der Waals surface area contributed by atoms with E-state index in [0.29, 0.717) is 11.8 Å². The van der Waals surface area contributed by atoms with Gasteiger partial charge in [0.25, 0.3) is 0 Å². The second-order valence-corrected chi connectivity index (χ2v) is 5.69. The molecule has 0 aromatic carbocycles. The molecule has 1 heterocycles. The summed E-state index contributed by atoms with van der Waals surface area (Å²) in [6.45, 7) is 7.71. The summed E-state index contributed by atoms with van der Waals surface area (Å²) in [5, 5.41) is 0. The van der Waals surface area contributed by atoms with Crippen LogP contribution < -0.4 is 0 Å². The Morgan fingerprint density at radius 3 is 2.38 bits per heavy atom. The van der Waals surface area contributed by atoms with Gasteiger partial charge in [-0.05, 0) is 39.5 Å². The van der Waals surface area contributed by atoms with Crippen LogP contribution in [0.15, 0.2) is 0 Å². The zero-order valence-electron chi connectivity index (χ0n) is 10.5. The molecule has 0 bridgehead atoms. The van der Waals surface area contributed by atoms with Crippen molar-refractivity contribution in [2.24, 2.45) is 5.92 Å². The number of alkyl halides is 1. The smallest absolute Gasteiger partial charge is 0.248 e. The minimum atomic E-state index is -0.246. The van der Waals surface area contributed by atoms with Gasteiger partial charge in [-0.3, -0.25) is 4.79 Å². The molecule has 3 nitrogen and oxygen atoms in total. The first-order chi connectivity index (χ1) is 7.42. The Bertz CT molecular complexity index is 230. The number of carbonyl (C=O) groups is 1. The van der Waals surface area contributed by atoms with Gasteiger partial charge in [0.05, 0.1) is 5.60 Å². The summed E-state index contributed by atoms with van der Waals surface area (Å²) < 4.78 is 5.48. The summed E-state index contributed by atoms with van der Waals surface area (Å²) in [5.74, 6) is 1.39. The van der Waals surface area contributed by atoms with Gasteiger partial charge in [0, 0.05) is 19.0 Å². The van der Waals surface area contributed by atoms with Crippen LogP contribution in [-0.2, 0) is 9.53 Å². The number of piperidine rings is 1. The highest BCUT2D eigenvalue weighted by molar-refractivity contribution is 6.18. The molecule has 1 rings (SSSR count). The van der Waals surface area contributed by atoms with E-state index in [2.05, 4.69) is 0 Å². The third-order valence-electron chi connectivity index (χ3n) is 2.81. The molecule has 4 heteroatoms. The topological polar surface area (TPSA) is 29.5 Å². The van der Waals surface area contributed by atoms with E-state index in [4.69, 9.17) is 16.3 Å². The maximum absolute atomic E-state index is 11.8. The fourth-order valence-corrected chi connectivity index (χ4v) is 2.01. The quantitative estimate of drug-likeness (QED) is 0.716. The minimum absolute atomic E-state index is 0.1000. The highest BCUT2D eigenvalue weighted by Crippen LogP contribution is 2.18. The zero-order valence-corrected chi connectivity index (χ0v) is 11.2. The molecule has 0 saturated carbocycles. The third-order valence-corrected chi connectivity index (χ3v) is 3.25. The van der Waals surface area contributed by atoms with Crippen molar-refractivity contribution >= 4 is 17.5 Å². The molecule has 1 amide bonds. The average molecular weight is 248 g/mol. The molecule has 0 aliphatic carbocycles. The van der Waals surface area contributed by atoms with Crippen LogP contribution in [0.5, 0.6) is 0 Å². The Morgan fingerprint density at radius 1 is 1.38 bits per heavy atom. The van der Waals surface area contributed by atoms with Crippen LogP contribution in [0.2, 0.25) is 0 Å². The van der Waals surface area contributed by atoms with Gasteiger partial charge in [-0.2, -0.15) is 0 Å². The summed E-state index contributed by atoms with van der Waals surface area (Å²) in [6.07, 6.45) is 2.04. The largest absolute Gasteiger partial charge is 0.366 e. The number of nitrogens with zero attached hydrogens (tertiary/aromatic N) is 1. The lowest BCUT2D eigenvalue weighted by Gasteiger charge is -2.32. The molecule has 1 aliphatic heterocycles. The number of likely N-dealkylation sites (tertiary alicyclic amines) is 1. The molecule has 94 valence electrons. The first kappa shape index (κ1) is 13.8. The lowest BCUT2D eigenvalue weighted by atomic mass is 9.99. The van der Waals surface area contributed by atoms with E-state index in [-0.39, 0.29) is 18.1 Å². The molecule has 0 unspecified atom stereocenters. The first-order valence-corrected chi connectivity index (χ1v) is 6.43. The van der Waals surface area contributed by atoms with Crippen molar-refractivity contribution in [3.63, 3.8) is 0 Å². The van der Waals surface area contributed by atoms with Crippen molar-refractivity contribution in [1.82, 2.24) is 4.90 Å². The van der Waals surface area contributed by atoms with Crippen LogP contribution in [0.4, 0.5) is 0 Å². The van der Waals surface area contributed by atoms with Crippen LogP contribution in [0, 0.1) is 5.92 Å². The Morgan fingerprint density at radius 2 is 1.94 bits per heavy atom. The molecular formula is C12H22ClNO2. The molecule has 0 radical (unpaired) electrons. The summed E-state index contributed by atoms with van der Waals surface area (Å²) in [6, 6.07) is 0. The number of amides is 1. The van der Waals surface area contributed by atoms with Gasteiger partial charge in [0.1, 0.15) is 6.61 Å². The molecule has 0 atom stereocenters. The standard InChI is InChI=1S/C12H22ClNO2/c1-12(2,3)16-9-11(15)14-6-4-10(8-13)5-7-14/h10H,4-9H2,1-3H3. The number of hydrogen-bond donors (Lipinski definition) is 0. The number of ether oxygens (including phenoxy) is 1. The van der Waals surface area contributed by atoms with E-state index in [1.165, 1.54) is 0 Å². The molecule has 1 fully saturated rings. The zero-order chi connectivity index (χ0) is 12.2. The molecule has 0 aromatic rings. The van der Waals surface area contributed by atoms with E-state index in [0.717, 1.165) is 25.9 Å². The van der Waals surface area contributed by atoms with Gasteiger partial charge < -0.3 is 9.64 Å². The summed E-state index contributed by atoms with van der Waals surface area (Å²) in [4.78, 5) is 13.7. The van der Waals surface area contributed by atoms with E-state index in [1.807, 2.05) is 25.7 Å². The molecule has 16 heavy (non-hydrogen) atoms. The second kappa shape index (κ2) is 5.87. The molecule has 0 N–H and O–H groups in total. The average Bonchev–Trinajstić information content (AvgIpc) is 2.25. The lowest BCUT2D eigenvalue weighted by Crippen LogP contribution is -2.41. The second-order valence-electron chi connectivity index (χ2n) is 5.38. The number of halogens is 1. The third kappa shape index (κ3) is 4.71. The predicted octanol–water partition coefficient (Wildman–Crippen LogP) is 2.28. The number of hydrogen-bond acceptors (Lipinski definition) is 2. The lowest BCUT2D eigenvalue weighted by molar-refractivity contribution is -0.142. The van der Waals surface area contributed by atoms with Gasteiger partial charge in [-0.25, -0.2) is 0 Å². The fraction of sp³-hybridized carbons (Fsp3) is 0.917. The van der Waals surface area contributed by atoms with Crippen molar-refractivity contribution in [2.45, 2.75) is 39.2 Å². The van der Waals surface area contributed by atoms with E-state index >= 15 is 0 Å². The Hall–Kier alpha value is -0.280. The van der Waals surface area contributed by atoms with Gasteiger partial charge in [-0.15, -0.1) is 11.6 Å². The van der Waals surface area contributed by atoms with Gasteiger partial charge in [0.2, 0.25) is 5.91 Å². The van der Waals surface area contributed by atoms with Crippen LogP contribution in [-0.4, -0.2) is 42.0 Å². The van der Waals surface area contributed by atoms with E-state index in [1.54, 1.807) is 0 Å². The number of rotatable bonds is 3. The van der Waals surface area contributed by atoms with Crippen molar-refractivity contribution in [2.75, 3.05) is 25.6 Å². The van der Waals surface area contributed by atoms with Crippen LogP contribution >= 0.6 is 11.6 Å². The maximum Gasteiger partial charge on any atom is 0.248 e. The Balaban J connectivity index is 2.28. The van der Waals surface area contributed by atoms with Gasteiger partial charge >= 0.3 is 0 Å². The van der Waals surface area contributed by atoms with Gasteiger partial charge in [-0.1, -0.05) is 0 Å². The summed E-state index contributed by atoms with van der Waals surface area (Å²) in [5.41, 5.74) is -0.246. The number of carbonyl (C=O) groups excluding carboxylic acids is 1. The van der Waals surface area contributed by atoms with Gasteiger partial charge in [0.15, 0.2) is 0 Å². The van der Waals surface area contributed by atoms with Crippen LogP contribution in [0.3, 0.4) is 0 Å². The SMILES string of the molecule is CC(C)(C)OCC(=O)N1CCC(CCl)CC1. The monoisotopic (exact) mass is 247 g/mol. The van der Waals surface area contributed by atoms with Crippen molar-refractivity contribution in [3.05, 3.63) is 0 Å². The summed E-state index contributed by atoms with van der Waals surface area (Å²) >= 11 is 5.80. The highest BCUT2D eigenvalue weighted by atomic mass is 35.5. The van der Waals surface area contributed by atoms with Crippen molar-refractivity contribution < 1.29 is 9.53 Å². The van der Waals surface area contributed by atoms with E-state index in [9.17, 15) is 4.79 Å². The van der Waals surface area contributed by atoms with Crippen LogP contribution in [0.1, 0.15) is 33.6 Å². The Labute approximate surface area is 103 Å². The fourth-order valence-electron chi connectivity index (χ4n) is 1.71. The molecule has 0 aromatic heterocycles. The summed E-state index contributed by atoms with van der Waals surface area (Å²) in [7, 11) is 0. The first-order valence-electron chi connectivity index (χ1n) is 5.90. The van der Waals surface area contributed by atoms with Crippen molar-refractivity contribution in [3.8, 4) is 0 Å². The van der Waals surface area contributed by atoms with Crippen molar-refractivity contribution in [1.29, 1.82) is 0 Å². The molecular weight excluding hydrogens is 226 g/mol. The highest BCUT2D eigenvalue weighted by Gasteiger charge is 2.23. The van der Waals surface area contributed by atoms with Crippen LogP contribution in [0.25, 0.3) is 0 Å². The molecule has 1 aliphatic rings. The van der Waals surface area contributed by atoms with E-state index < -0.39 is 0 Å². The predicted molar refractivity (Wildman–Crippen MR) is 65.7 cm³/mol. The normalized spacial score (nSPS) is 18.9. The minimum Gasteiger partial charge on any atom is -0.366 e. The molecule has 1 saturated heterocycles. The Kier molecular flexibility index (Phi) is 5.06. The molecule has 0 spiro atoms.